The number of nitrogens with one attached hydrogen (secondary N) is 1. The zero-order chi connectivity index (χ0) is 18.0. The number of nitrogens with zero attached hydrogens (tertiary/aromatic N) is 1. The van der Waals surface area contributed by atoms with Crippen LogP contribution in [0.1, 0.15) is 25.1 Å². The van der Waals surface area contributed by atoms with Crippen molar-refractivity contribution in [3.05, 3.63) is 52.3 Å². The number of thiazole rings is 1. The molecule has 132 valence electrons. The number of rotatable bonds is 6. The first-order chi connectivity index (χ1) is 11.8. The lowest BCUT2D eigenvalue weighted by molar-refractivity contribution is 0.603. The van der Waals surface area contributed by atoms with Crippen LogP contribution in [0.3, 0.4) is 0 Å². The second kappa shape index (κ2) is 7.27. The molecule has 25 heavy (non-hydrogen) atoms. The number of aryl methyl sites for hydroxylation is 1. The highest BCUT2D eigenvalue weighted by molar-refractivity contribution is 7.94. The van der Waals surface area contributed by atoms with Gasteiger partial charge >= 0.3 is 0 Å². The molecule has 3 aromatic rings. The lowest BCUT2D eigenvalue weighted by Crippen LogP contribution is -2.12. The number of hydrogen-bond donors (Lipinski definition) is 1. The highest BCUT2D eigenvalue weighted by Gasteiger charge is 2.19. The lowest BCUT2D eigenvalue weighted by Gasteiger charge is -2.08. The van der Waals surface area contributed by atoms with E-state index in [-0.39, 0.29) is 0 Å². The summed E-state index contributed by atoms with van der Waals surface area (Å²) in [7, 11) is -3.59. The molecule has 2 heterocycles. The summed E-state index contributed by atoms with van der Waals surface area (Å²) in [5.74, 6) is 0.548. The summed E-state index contributed by atoms with van der Waals surface area (Å²) in [6, 6.07) is 9.04. The Morgan fingerprint density at radius 2 is 1.92 bits per heavy atom. The molecule has 0 radical (unpaired) electrons. The molecule has 0 amide bonds. The predicted molar refractivity (Wildman–Crippen MR) is 106 cm³/mol. The first-order valence-corrected chi connectivity index (χ1v) is 11.2. The van der Waals surface area contributed by atoms with Gasteiger partial charge in [-0.15, -0.1) is 22.7 Å². The zero-order valence-corrected chi connectivity index (χ0v) is 16.8. The van der Waals surface area contributed by atoms with E-state index >= 15 is 0 Å². The summed E-state index contributed by atoms with van der Waals surface area (Å²) in [5, 5.41) is 4.76. The van der Waals surface area contributed by atoms with Gasteiger partial charge in [0.2, 0.25) is 0 Å². The second-order valence-electron chi connectivity index (χ2n) is 6.32. The van der Waals surface area contributed by atoms with Crippen LogP contribution in [0.5, 0.6) is 0 Å². The van der Waals surface area contributed by atoms with E-state index in [1.807, 2.05) is 35.9 Å². The smallest absolute Gasteiger partial charge is 0.271 e. The first-order valence-electron chi connectivity index (χ1n) is 7.97. The maximum absolute atomic E-state index is 12.6. The van der Waals surface area contributed by atoms with Crippen molar-refractivity contribution in [2.75, 3.05) is 4.72 Å². The van der Waals surface area contributed by atoms with E-state index in [0.29, 0.717) is 15.8 Å². The fourth-order valence-corrected chi connectivity index (χ4v) is 5.59. The maximum atomic E-state index is 12.6. The van der Waals surface area contributed by atoms with Gasteiger partial charge in [0.25, 0.3) is 10.0 Å². The van der Waals surface area contributed by atoms with Gasteiger partial charge in [0.05, 0.1) is 11.4 Å². The molecule has 0 saturated carbocycles. The van der Waals surface area contributed by atoms with E-state index in [2.05, 4.69) is 23.6 Å². The molecule has 1 aromatic carbocycles. The molecule has 2 aromatic heterocycles. The van der Waals surface area contributed by atoms with Crippen molar-refractivity contribution in [3.8, 4) is 10.6 Å². The van der Waals surface area contributed by atoms with Crippen LogP contribution in [-0.2, 0) is 16.4 Å². The van der Waals surface area contributed by atoms with Crippen LogP contribution in [0.2, 0.25) is 0 Å². The molecule has 4 nitrogen and oxygen atoms in total. The van der Waals surface area contributed by atoms with E-state index in [0.717, 1.165) is 28.2 Å². The molecular formula is C18H20N2O2S3. The van der Waals surface area contributed by atoms with Crippen LogP contribution >= 0.6 is 22.7 Å². The van der Waals surface area contributed by atoms with Crippen LogP contribution in [0.15, 0.2) is 45.3 Å². The van der Waals surface area contributed by atoms with E-state index in [4.69, 9.17) is 0 Å². The number of hydrogen-bond acceptors (Lipinski definition) is 5. The predicted octanol–water partition coefficient (Wildman–Crippen LogP) is 5.18. The zero-order valence-electron chi connectivity index (χ0n) is 14.3. The van der Waals surface area contributed by atoms with Crippen LogP contribution < -0.4 is 4.72 Å². The summed E-state index contributed by atoms with van der Waals surface area (Å²) in [6.45, 7) is 6.20. The van der Waals surface area contributed by atoms with Gasteiger partial charge in [-0.1, -0.05) is 32.0 Å². The Kier molecular flexibility index (Phi) is 5.27. The standard InChI is InChI=1S/C18H20N2O2S3/c1-12(2)8-15-11-24-18(19-15)14-9-17(23-10-14)25(21,22)20-16-7-5-4-6-13(16)3/h4-7,9-12,20H,8H2,1-3H3. The summed E-state index contributed by atoms with van der Waals surface area (Å²) < 4.78 is 28.2. The fraction of sp³-hybridized carbons (Fsp3) is 0.278. The molecule has 0 bridgehead atoms. The molecule has 3 rings (SSSR count). The van der Waals surface area contributed by atoms with Gasteiger partial charge in [-0.3, -0.25) is 4.72 Å². The number of aromatic nitrogens is 1. The molecule has 0 unspecified atom stereocenters. The monoisotopic (exact) mass is 392 g/mol. The van der Waals surface area contributed by atoms with Crippen molar-refractivity contribution >= 4 is 38.4 Å². The minimum absolute atomic E-state index is 0.298. The van der Waals surface area contributed by atoms with Crippen LogP contribution in [0.4, 0.5) is 5.69 Å². The molecule has 0 aliphatic carbocycles. The highest BCUT2D eigenvalue weighted by atomic mass is 32.2. The summed E-state index contributed by atoms with van der Waals surface area (Å²) in [5.41, 5.74) is 3.41. The molecule has 0 aliphatic rings. The molecule has 0 fully saturated rings. The Labute approximate surface area is 156 Å². The minimum Gasteiger partial charge on any atom is -0.279 e. The second-order valence-corrected chi connectivity index (χ2v) is 10.00. The molecule has 1 N–H and O–H groups in total. The van der Waals surface area contributed by atoms with Crippen LogP contribution in [0.25, 0.3) is 10.6 Å². The Bertz CT molecular complexity index is 972. The Morgan fingerprint density at radius 1 is 1.16 bits per heavy atom. The van der Waals surface area contributed by atoms with Crippen molar-refractivity contribution in [1.82, 2.24) is 4.98 Å². The van der Waals surface area contributed by atoms with Crippen molar-refractivity contribution in [2.24, 2.45) is 5.92 Å². The van der Waals surface area contributed by atoms with Gasteiger partial charge in [-0.05, 0) is 37.0 Å². The Balaban J connectivity index is 1.83. The van der Waals surface area contributed by atoms with Gasteiger partial charge in [-0.25, -0.2) is 13.4 Å². The average Bonchev–Trinajstić information content (AvgIpc) is 3.18. The molecule has 0 saturated heterocycles. The maximum Gasteiger partial charge on any atom is 0.271 e. The van der Waals surface area contributed by atoms with Gasteiger partial charge in [-0.2, -0.15) is 0 Å². The van der Waals surface area contributed by atoms with Crippen LogP contribution in [-0.4, -0.2) is 13.4 Å². The fourth-order valence-electron chi connectivity index (χ4n) is 2.40. The van der Waals surface area contributed by atoms with E-state index in [1.54, 1.807) is 23.5 Å². The third-order valence-electron chi connectivity index (χ3n) is 3.65. The highest BCUT2D eigenvalue weighted by Crippen LogP contribution is 2.32. The number of benzene rings is 1. The quantitative estimate of drug-likeness (QED) is 0.629. The Morgan fingerprint density at radius 3 is 2.64 bits per heavy atom. The third kappa shape index (κ3) is 4.29. The molecule has 0 aliphatic heterocycles. The number of thiophene rings is 1. The number of para-hydroxylation sites is 1. The van der Waals surface area contributed by atoms with Crippen molar-refractivity contribution in [2.45, 2.75) is 31.4 Å². The van der Waals surface area contributed by atoms with Gasteiger partial charge in [0.1, 0.15) is 9.22 Å². The molecule has 7 heteroatoms. The van der Waals surface area contributed by atoms with Crippen molar-refractivity contribution in [3.63, 3.8) is 0 Å². The third-order valence-corrected chi connectivity index (χ3v) is 7.39. The molecule has 0 atom stereocenters. The lowest BCUT2D eigenvalue weighted by atomic mass is 10.1. The van der Waals surface area contributed by atoms with E-state index in [9.17, 15) is 8.42 Å². The minimum atomic E-state index is -3.59. The Hall–Kier alpha value is -1.70. The van der Waals surface area contributed by atoms with Gasteiger partial charge < -0.3 is 0 Å². The number of anilines is 1. The normalized spacial score (nSPS) is 11.8. The van der Waals surface area contributed by atoms with E-state index in [1.165, 1.54) is 11.3 Å². The van der Waals surface area contributed by atoms with Gasteiger partial charge in [0, 0.05) is 16.3 Å². The average molecular weight is 393 g/mol. The van der Waals surface area contributed by atoms with Crippen molar-refractivity contribution < 1.29 is 8.42 Å². The van der Waals surface area contributed by atoms with Gasteiger partial charge in [0.15, 0.2) is 0 Å². The first kappa shape index (κ1) is 18.1. The summed E-state index contributed by atoms with van der Waals surface area (Å²) in [4.78, 5) is 4.62. The number of sulfonamides is 1. The largest absolute Gasteiger partial charge is 0.279 e. The van der Waals surface area contributed by atoms with Crippen LogP contribution in [0, 0.1) is 12.8 Å². The summed E-state index contributed by atoms with van der Waals surface area (Å²) in [6.07, 6.45) is 0.931. The molecular weight excluding hydrogens is 372 g/mol. The SMILES string of the molecule is Cc1ccccc1NS(=O)(=O)c1cc(-c2nc(CC(C)C)cs2)cs1. The van der Waals surface area contributed by atoms with E-state index < -0.39 is 10.0 Å². The van der Waals surface area contributed by atoms with Crippen molar-refractivity contribution in [1.29, 1.82) is 0 Å². The molecule has 0 spiro atoms. The topological polar surface area (TPSA) is 59.1 Å². The summed E-state index contributed by atoms with van der Waals surface area (Å²) >= 11 is 2.77.